The molecule has 1 rings (SSSR count). The normalized spacial score (nSPS) is 10.9. The Kier molecular flexibility index (Phi) is 4.28. The van der Waals surface area contributed by atoms with Crippen LogP contribution in [0.4, 0.5) is 14.9 Å². The summed E-state index contributed by atoms with van der Waals surface area (Å²) in [7, 11) is 0. The summed E-state index contributed by atoms with van der Waals surface area (Å²) in [5.74, 6) is -1.80. The van der Waals surface area contributed by atoms with Crippen LogP contribution in [0.15, 0.2) is 22.7 Å². The third-order valence-corrected chi connectivity index (χ3v) is 2.63. The van der Waals surface area contributed by atoms with Gasteiger partial charge < -0.3 is 15.7 Å². The first-order chi connectivity index (χ1) is 8.22. The number of hydrogen-bond acceptors (Lipinski definition) is 2. The number of carboxylic acids is 1. The Bertz CT molecular complexity index is 491. The van der Waals surface area contributed by atoms with Crippen molar-refractivity contribution in [2.75, 3.05) is 5.32 Å². The van der Waals surface area contributed by atoms with Crippen LogP contribution in [0, 0.1) is 5.82 Å². The highest BCUT2D eigenvalue weighted by atomic mass is 79.9. The zero-order chi connectivity index (χ0) is 13.9. The Morgan fingerprint density at radius 1 is 1.39 bits per heavy atom. The van der Waals surface area contributed by atoms with E-state index in [0.717, 1.165) is 0 Å². The first kappa shape index (κ1) is 14.4. The second-order valence-corrected chi connectivity index (χ2v) is 5.05. The molecule has 0 fully saturated rings. The van der Waals surface area contributed by atoms with Gasteiger partial charge >= 0.3 is 12.0 Å². The fourth-order valence-corrected chi connectivity index (χ4v) is 1.45. The number of carbonyl (C=O) groups excluding carboxylic acids is 1. The molecule has 0 aromatic heterocycles. The summed E-state index contributed by atoms with van der Waals surface area (Å²) in [6, 6.07) is 3.25. The summed E-state index contributed by atoms with van der Waals surface area (Å²) in [5, 5.41) is 13.3. The summed E-state index contributed by atoms with van der Waals surface area (Å²) in [4.78, 5) is 22.3. The number of carbonyl (C=O) groups is 2. The maximum absolute atomic E-state index is 13.3. The van der Waals surface area contributed by atoms with Crippen LogP contribution in [0.25, 0.3) is 0 Å². The number of nitrogens with one attached hydrogen (secondary N) is 2. The van der Waals surface area contributed by atoms with Crippen molar-refractivity contribution < 1.29 is 19.1 Å². The van der Waals surface area contributed by atoms with Gasteiger partial charge in [-0.3, -0.25) is 0 Å². The van der Waals surface area contributed by atoms with Gasteiger partial charge in [0.2, 0.25) is 0 Å². The minimum atomic E-state index is -1.44. The standard InChI is InChI=1S/C11H12BrFN2O3/c1-11(2,9(16)17)15-10(18)14-8-5-6(12)3-4-7(8)13/h3-5H,1-2H3,(H,16,17)(H2,14,15,18). The van der Waals surface area contributed by atoms with Crippen molar-refractivity contribution in [1.82, 2.24) is 5.32 Å². The topological polar surface area (TPSA) is 78.4 Å². The van der Waals surface area contributed by atoms with E-state index in [1.54, 1.807) is 0 Å². The lowest BCUT2D eigenvalue weighted by molar-refractivity contribution is -0.142. The molecular weight excluding hydrogens is 307 g/mol. The largest absolute Gasteiger partial charge is 0.480 e. The van der Waals surface area contributed by atoms with E-state index >= 15 is 0 Å². The fraction of sp³-hybridized carbons (Fsp3) is 0.273. The van der Waals surface area contributed by atoms with Gasteiger partial charge in [0.1, 0.15) is 11.4 Å². The van der Waals surface area contributed by atoms with Crippen LogP contribution in [-0.4, -0.2) is 22.6 Å². The van der Waals surface area contributed by atoms with Crippen LogP contribution in [0.2, 0.25) is 0 Å². The Labute approximate surface area is 112 Å². The minimum Gasteiger partial charge on any atom is -0.480 e. The van der Waals surface area contributed by atoms with E-state index in [-0.39, 0.29) is 5.69 Å². The number of aliphatic carboxylic acids is 1. The van der Waals surface area contributed by atoms with Gasteiger partial charge in [-0.1, -0.05) is 15.9 Å². The fourth-order valence-electron chi connectivity index (χ4n) is 1.08. The van der Waals surface area contributed by atoms with Crippen LogP contribution < -0.4 is 10.6 Å². The molecule has 3 N–H and O–H groups in total. The van der Waals surface area contributed by atoms with Crippen molar-refractivity contribution in [1.29, 1.82) is 0 Å². The van der Waals surface area contributed by atoms with Gasteiger partial charge in [-0.2, -0.15) is 0 Å². The summed E-state index contributed by atoms with van der Waals surface area (Å²) >= 11 is 3.14. The molecule has 1 aromatic rings. The molecule has 0 heterocycles. The first-order valence-electron chi connectivity index (χ1n) is 5.00. The van der Waals surface area contributed by atoms with Crippen molar-refractivity contribution in [2.45, 2.75) is 19.4 Å². The molecule has 0 radical (unpaired) electrons. The molecule has 0 bridgehead atoms. The Morgan fingerprint density at radius 2 is 2.00 bits per heavy atom. The molecule has 0 saturated heterocycles. The van der Waals surface area contributed by atoms with Crippen LogP contribution in [0.5, 0.6) is 0 Å². The zero-order valence-electron chi connectivity index (χ0n) is 9.75. The lowest BCUT2D eigenvalue weighted by Crippen LogP contribution is -2.51. The maximum atomic E-state index is 13.3. The molecule has 1 aromatic carbocycles. The lowest BCUT2D eigenvalue weighted by Gasteiger charge is -2.21. The van der Waals surface area contributed by atoms with Crippen LogP contribution in [0.1, 0.15) is 13.8 Å². The molecule has 5 nitrogen and oxygen atoms in total. The molecule has 18 heavy (non-hydrogen) atoms. The highest BCUT2D eigenvalue weighted by molar-refractivity contribution is 9.10. The summed E-state index contributed by atoms with van der Waals surface area (Å²) in [5.41, 5.74) is -1.48. The van der Waals surface area contributed by atoms with Gasteiger partial charge in [0.15, 0.2) is 0 Å². The van der Waals surface area contributed by atoms with Crippen molar-refractivity contribution in [3.63, 3.8) is 0 Å². The highest BCUT2D eigenvalue weighted by Crippen LogP contribution is 2.20. The molecule has 0 spiro atoms. The predicted molar refractivity (Wildman–Crippen MR) is 68.0 cm³/mol. The number of carboxylic acid groups (broad SMARTS) is 1. The van der Waals surface area contributed by atoms with E-state index in [1.165, 1.54) is 32.0 Å². The molecule has 0 aliphatic carbocycles. The second kappa shape index (κ2) is 5.34. The lowest BCUT2D eigenvalue weighted by atomic mass is 10.1. The molecule has 0 saturated carbocycles. The SMILES string of the molecule is CC(C)(NC(=O)Nc1cc(Br)ccc1F)C(=O)O. The minimum absolute atomic E-state index is 0.0388. The molecule has 0 unspecified atom stereocenters. The Balaban J connectivity index is 2.77. The zero-order valence-corrected chi connectivity index (χ0v) is 11.3. The number of halogens is 2. The quantitative estimate of drug-likeness (QED) is 0.801. The van der Waals surface area contributed by atoms with E-state index in [2.05, 4.69) is 26.6 Å². The van der Waals surface area contributed by atoms with Gasteiger partial charge in [0.05, 0.1) is 5.69 Å². The summed E-state index contributed by atoms with van der Waals surface area (Å²) in [6.45, 7) is 2.65. The number of urea groups is 1. The van der Waals surface area contributed by atoms with Gasteiger partial charge in [0, 0.05) is 4.47 Å². The van der Waals surface area contributed by atoms with E-state index in [4.69, 9.17) is 5.11 Å². The van der Waals surface area contributed by atoms with Gasteiger partial charge in [-0.05, 0) is 32.0 Å². The molecule has 98 valence electrons. The summed E-state index contributed by atoms with van der Waals surface area (Å²) < 4.78 is 13.9. The van der Waals surface area contributed by atoms with E-state index < -0.39 is 23.4 Å². The van der Waals surface area contributed by atoms with Gasteiger partial charge in [0.25, 0.3) is 0 Å². The summed E-state index contributed by atoms with van der Waals surface area (Å²) in [6.07, 6.45) is 0. The third kappa shape index (κ3) is 3.69. The average Bonchev–Trinajstić information content (AvgIpc) is 2.22. The van der Waals surface area contributed by atoms with Gasteiger partial charge in [-0.25, -0.2) is 14.0 Å². The number of amides is 2. The van der Waals surface area contributed by atoms with Crippen molar-refractivity contribution in [2.24, 2.45) is 0 Å². The molecule has 2 amide bonds. The first-order valence-corrected chi connectivity index (χ1v) is 5.79. The Hall–Kier alpha value is -1.63. The van der Waals surface area contributed by atoms with E-state index in [0.29, 0.717) is 4.47 Å². The second-order valence-electron chi connectivity index (χ2n) is 4.13. The van der Waals surface area contributed by atoms with Gasteiger partial charge in [-0.15, -0.1) is 0 Å². The van der Waals surface area contributed by atoms with E-state index in [1.807, 2.05) is 0 Å². The number of anilines is 1. The highest BCUT2D eigenvalue weighted by Gasteiger charge is 2.29. The number of benzene rings is 1. The molecule has 0 aliphatic heterocycles. The molecule has 0 aliphatic rings. The van der Waals surface area contributed by atoms with E-state index in [9.17, 15) is 14.0 Å². The number of hydrogen-bond donors (Lipinski definition) is 3. The van der Waals surface area contributed by atoms with Crippen LogP contribution in [0.3, 0.4) is 0 Å². The average molecular weight is 319 g/mol. The van der Waals surface area contributed by atoms with Crippen LogP contribution >= 0.6 is 15.9 Å². The van der Waals surface area contributed by atoms with Crippen LogP contribution in [-0.2, 0) is 4.79 Å². The third-order valence-electron chi connectivity index (χ3n) is 2.14. The monoisotopic (exact) mass is 318 g/mol. The van der Waals surface area contributed by atoms with Crippen molar-refractivity contribution in [3.05, 3.63) is 28.5 Å². The molecule has 7 heteroatoms. The Morgan fingerprint density at radius 3 is 2.56 bits per heavy atom. The predicted octanol–water partition coefficient (Wildman–Crippen LogP) is 2.57. The molecule has 0 atom stereocenters. The van der Waals surface area contributed by atoms with Crippen molar-refractivity contribution in [3.8, 4) is 0 Å². The maximum Gasteiger partial charge on any atom is 0.328 e. The number of rotatable bonds is 3. The van der Waals surface area contributed by atoms with Crippen molar-refractivity contribution >= 4 is 33.6 Å². The smallest absolute Gasteiger partial charge is 0.328 e. The molecular formula is C11H12BrFN2O3.